The lowest BCUT2D eigenvalue weighted by Gasteiger charge is -2.34. The summed E-state index contributed by atoms with van der Waals surface area (Å²) >= 11 is 0. The van der Waals surface area contributed by atoms with E-state index >= 15 is 0 Å². The number of hydrogen-bond donors (Lipinski definition) is 1. The molecule has 0 bridgehead atoms. The Morgan fingerprint density at radius 3 is 2.21 bits per heavy atom. The van der Waals surface area contributed by atoms with Gasteiger partial charge < -0.3 is 10.1 Å². The number of amides is 1. The number of carbonyl (C=O) groups is 1. The highest BCUT2D eigenvalue weighted by Gasteiger charge is 2.33. The van der Waals surface area contributed by atoms with E-state index in [4.69, 9.17) is 4.74 Å². The molecule has 0 unspecified atom stereocenters. The Kier molecular flexibility index (Phi) is 7.00. The summed E-state index contributed by atoms with van der Waals surface area (Å²) in [7, 11) is -4.06. The Labute approximate surface area is 199 Å². The normalized spacial score (nSPS) is 18.9. The first-order chi connectivity index (χ1) is 16.2. The fourth-order valence-electron chi connectivity index (χ4n) is 4.22. The number of para-hydroxylation sites is 1. The van der Waals surface area contributed by atoms with Crippen LogP contribution in [-0.4, -0.2) is 31.7 Å². The van der Waals surface area contributed by atoms with Gasteiger partial charge in [-0.25, -0.2) is 12.8 Å². The molecule has 0 aromatic heterocycles. The smallest absolute Gasteiger partial charge is 0.255 e. The fraction of sp³-hybridized carbons (Fsp3) is 0.269. The minimum absolute atomic E-state index is 0.0580. The number of halogens is 1. The van der Waals surface area contributed by atoms with E-state index in [2.05, 4.69) is 5.32 Å². The van der Waals surface area contributed by atoms with Crippen LogP contribution in [0.1, 0.15) is 30.6 Å². The molecule has 0 spiro atoms. The van der Waals surface area contributed by atoms with Crippen molar-refractivity contribution in [3.05, 3.63) is 84.2 Å². The minimum atomic E-state index is -4.06. The van der Waals surface area contributed by atoms with Crippen molar-refractivity contribution in [3.63, 3.8) is 0 Å². The van der Waals surface area contributed by atoms with E-state index in [1.54, 1.807) is 24.3 Å². The number of piperidine rings is 1. The fourth-order valence-corrected chi connectivity index (χ4v) is 5.99. The van der Waals surface area contributed by atoms with E-state index < -0.39 is 26.6 Å². The van der Waals surface area contributed by atoms with Crippen LogP contribution in [0.4, 0.5) is 10.1 Å². The molecule has 178 valence electrons. The maximum Gasteiger partial charge on any atom is 0.255 e. The number of benzene rings is 3. The number of rotatable bonds is 6. The second-order valence-electron chi connectivity index (χ2n) is 8.81. The van der Waals surface area contributed by atoms with Crippen LogP contribution >= 0.6 is 0 Å². The monoisotopic (exact) mass is 482 g/mol. The average Bonchev–Trinajstić information content (AvgIpc) is 2.80. The molecule has 3 aromatic rings. The molecule has 34 heavy (non-hydrogen) atoms. The van der Waals surface area contributed by atoms with Crippen LogP contribution in [0.15, 0.2) is 77.7 Å². The first kappa shape index (κ1) is 23.9. The van der Waals surface area contributed by atoms with Gasteiger partial charge in [-0.1, -0.05) is 32.0 Å². The Balaban J connectivity index is 1.49. The first-order valence-corrected chi connectivity index (χ1v) is 12.6. The van der Waals surface area contributed by atoms with Crippen LogP contribution in [-0.2, 0) is 10.0 Å². The highest BCUT2D eigenvalue weighted by molar-refractivity contribution is 7.89. The zero-order valence-corrected chi connectivity index (χ0v) is 19.9. The summed E-state index contributed by atoms with van der Waals surface area (Å²) in [6.45, 7) is 4.63. The van der Waals surface area contributed by atoms with Crippen molar-refractivity contribution in [1.82, 2.24) is 4.31 Å². The predicted octanol–water partition coefficient (Wildman–Crippen LogP) is 5.54. The molecule has 1 N–H and O–H groups in total. The largest absolute Gasteiger partial charge is 0.457 e. The van der Waals surface area contributed by atoms with Crippen LogP contribution in [0.5, 0.6) is 11.5 Å². The lowest BCUT2D eigenvalue weighted by Crippen LogP contribution is -2.42. The zero-order valence-electron chi connectivity index (χ0n) is 19.1. The van der Waals surface area contributed by atoms with Gasteiger partial charge in [0.15, 0.2) is 0 Å². The Morgan fingerprint density at radius 2 is 1.56 bits per heavy atom. The number of ether oxygens (including phenoxy) is 1. The molecule has 1 saturated heterocycles. The molecule has 0 saturated carbocycles. The van der Waals surface area contributed by atoms with Gasteiger partial charge in [-0.3, -0.25) is 4.79 Å². The van der Waals surface area contributed by atoms with Gasteiger partial charge in [0.1, 0.15) is 22.2 Å². The van der Waals surface area contributed by atoms with E-state index in [-0.39, 0.29) is 17.4 Å². The van der Waals surface area contributed by atoms with Crippen molar-refractivity contribution >= 4 is 21.6 Å². The standard InChI is InChI=1S/C26H27FN2O4S/c1-18-14-19(2)17-29(16-18)34(31,32)25-15-20(8-13-24(25)27)26(30)28-21-9-11-23(12-10-21)33-22-6-4-3-5-7-22/h3-13,15,18-19H,14,16-17H2,1-2H3,(H,28,30)/t18-,19+. The number of sulfonamides is 1. The molecule has 6 nitrogen and oxygen atoms in total. The quantitative estimate of drug-likeness (QED) is 0.501. The van der Waals surface area contributed by atoms with Crippen LogP contribution in [0, 0.1) is 17.7 Å². The van der Waals surface area contributed by atoms with Crippen LogP contribution in [0.25, 0.3) is 0 Å². The molecule has 1 aliphatic rings. The summed E-state index contributed by atoms with van der Waals surface area (Å²) < 4.78 is 48.0. The second-order valence-corrected chi connectivity index (χ2v) is 10.7. The van der Waals surface area contributed by atoms with Crippen LogP contribution in [0.3, 0.4) is 0 Å². The third kappa shape index (κ3) is 5.46. The van der Waals surface area contributed by atoms with Gasteiger partial charge in [-0.2, -0.15) is 4.31 Å². The summed E-state index contributed by atoms with van der Waals surface area (Å²) in [5.41, 5.74) is 0.556. The van der Waals surface area contributed by atoms with Crippen molar-refractivity contribution in [2.45, 2.75) is 25.2 Å². The third-order valence-electron chi connectivity index (χ3n) is 5.74. The lowest BCUT2D eigenvalue weighted by atomic mass is 9.94. The predicted molar refractivity (Wildman–Crippen MR) is 129 cm³/mol. The van der Waals surface area contributed by atoms with Crippen LogP contribution in [0.2, 0.25) is 0 Å². The molecular formula is C26H27FN2O4S. The SMILES string of the molecule is C[C@@H]1C[C@H](C)CN(S(=O)(=O)c2cc(C(=O)Nc3ccc(Oc4ccccc4)cc3)ccc2F)C1. The van der Waals surface area contributed by atoms with E-state index in [0.717, 1.165) is 18.6 Å². The Bertz CT molecular complexity index is 1250. The molecule has 3 aromatic carbocycles. The number of nitrogens with zero attached hydrogens (tertiary/aromatic N) is 1. The Morgan fingerprint density at radius 1 is 0.941 bits per heavy atom. The zero-order chi connectivity index (χ0) is 24.3. The van der Waals surface area contributed by atoms with Crippen molar-refractivity contribution < 1.29 is 22.3 Å². The van der Waals surface area contributed by atoms with Gasteiger partial charge in [-0.05, 0) is 72.9 Å². The van der Waals surface area contributed by atoms with Gasteiger partial charge in [0, 0.05) is 24.3 Å². The average molecular weight is 483 g/mol. The summed E-state index contributed by atoms with van der Waals surface area (Å²) in [5, 5.41) is 2.72. The van der Waals surface area contributed by atoms with Crippen molar-refractivity contribution in [2.24, 2.45) is 11.8 Å². The van der Waals surface area contributed by atoms with E-state index in [9.17, 15) is 17.6 Å². The summed E-state index contributed by atoms with van der Waals surface area (Å²) in [6.07, 6.45) is 0.923. The maximum atomic E-state index is 14.6. The highest BCUT2D eigenvalue weighted by Crippen LogP contribution is 2.29. The summed E-state index contributed by atoms with van der Waals surface area (Å²) in [6, 6.07) is 19.5. The van der Waals surface area contributed by atoms with Gasteiger partial charge in [-0.15, -0.1) is 0 Å². The van der Waals surface area contributed by atoms with Gasteiger partial charge >= 0.3 is 0 Å². The summed E-state index contributed by atoms with van der Waals surface area (Å²) in [4.78, 5) is 12.3. The Hall–Kier alpha value is -3.23. The van der Waals surface area contributed by atoms with Gasteiger partial charge in [0.05, 0.1) is 0 Å². The molecular weight excluding hydrogens is 455 g/mol. The van der Waals surface area contributed by atoms with E-state index in [1.165, 1.54) is 10.4 Å². The number of anilines is 1. The molecule has 1 heterocycles. The van der Waals surface area contributed by atoms with Crippen molar-refractivity contribution in [1.29, 1.82) is 0 Å². The van der Waals surface area contributed by atoms with E-state index in [1.807, 2.05) is 44.2 Å². The van der Waals surface area contributed by atoms with E-state index in [0.29, 0.717) is 30.3 Å². The van der Waals surface area contributed by atoms with Crippen molar-refractivity contribution in [3.8, 4) is 11.5 Å². The topological polar surface area (TPSA) is 75.7 Å². The lowest BCUT2D eigenvalue weighted by molar-refractivity contribution is 0.102. The number of carbonyl (C=O) groups excluding carboxylic acids is 1. The molecule has 1 aliphatic heterocycles. The first-order valence-electron chi connectivity index (χ1n) is 11.2. The molecule has 4 rings (SSSR count). The highest BCUT2D eigenvalue weighted by atomic mass is 32.2. The van der Waals surface area contributed by atoms with Crippen molar-refractivity contribution in [2.75, 3.05) is 18.4 Å². The maximum absolute atomic E-state index is 14.6. The molecule has 8 heteroatoms. The minimum Gasteiger partial charge on any atom is -0.457 e. The summed E-state index contributed by atoms with van der Waals surface area (Å²) in [5.74, 6) is 0.253. The molecule has 0 aliphatic carbocycles. The number of hydrogen-bond acceptors (Lipinski definition) is 4. The molecule has 1 fully saturated rings. The van der Waals surface area contributed by atoms with Gasteiger partial charge in [0.2, 0.25) is 10.0 Å². The van der Waals surface area contributed by atoms with Gasteiger partial charge in [0.25, 0.3) is 5.91 Å². The molecule has 1 amide bonds. The molecule has 2 atom stereocenters. The number of nitrogens with one attached hydrogen (secondary N) is 1. The molecule has 0 radical (unpaired) electrons. The third-order valence-corrected chi connectivity index (χ3v) is 7.58. The second kappa shape index (κ2) is 9.95. The van der Waals surface area contributed by atoms with Crippen LogP contribution < -0.4 is 10.1 Å².